The molecule has 4 rings (SSSR count). The van der Waals surface area contributed by atoms with Crippen LogP contribution in [0, 0.1) is 24.4 Å². The van der Waals surface area contributed by atoms with Crippen LogP contribution in [0.25, 0.3) is 31.7 Å². The van der Waals surface area contributed by atoms with E-state index in [0.717, 1.165) is 22.3 Å². The molecule has 0 aliphatic rings. The second-order valence-corrected chi connectivity index (χ2v) is 6.90. The highest BCUT2D eigenvalue weighted by Gasteiger charge is 2.23. The Balaban J connectivity index is 2.08. The van der Waals surface area contributed by atoms with Gasteiger partial charge in [-0.05, 0) is 18.6 Å². The molecule has 0 fully saturated rings. The van der Waals surface area contributed by atoms with Gasteiger partial charge < -0.3 is 10.1 Å². The molecule has 0 bridgehead atoms. The number of carboxylic acids is 1. The van der Waals surface area contributed by atoms with Crippen LogP contribution in [0.4, 0.5) is 13.2 Å². The summed E-state index contributed by atoms with van der Waals surface area (Å²) in [6.07, 6.45) is -0.307. The Labute approximate surface area is 148 Å². The number of hydrogen-bond acceptors (Lipinski definition) is 3. The van der Waals surface area contributed by atoms with Gasteiger partial charge in [0, 0.05) is 28.2 Å². The van der Waals surface area contributed by atoms with E-state index in [1.54, 1.807) is 6.07 Å². The molecule has 4 aromatic rings. The average Bonchev–Trinajstić information content (AvgIpc) is 3.14. The van der Waals surface area contributed by atoms with Crippen LogP contribution in [0.2, 0.25) is 0 Å². The number of carboxylic acid groups (broad SMARTS) is 1. The predicted molar refractivity (Wildman–Crippen MR) is 92.9 cm³/mol. The quantitative estimate of drug-likeness (QED) is 0.505. The van der Waals surface area contributed by atoms with E-state index in [0.29, 0.717) is 22.8 Å². The molecule has 0 aliphatic carbocycles. The molecule has 132 valence electrons. The monoisotopic (exact) mass is 376 g/mol. The second-order valence-electron chi connectivity index (χ2n) is 5.90. The molecule has 0 amide bonds. The van der Waals surface area contributed by atoms with Crippen LogP contribution in [0.5, 0.6) is 0 Å². The fourth-order valence-corrected chi connectivity index (χ4v) is 4.14. The number of aromatic amines is 1. The first-order valence-corrected chi connectivity index (χ1v) is 8.45. The molecule has 2 aromatic carbocycles. The van der Waals surface area contributed by atoms with Crippen molar-refractivity contribution < 1.29 is 23.1 Å². The topological polar surface area (TPSA) is 66.0 Å². The highest BCUT2D eigenvalue weighted by atomic mass is 32.1. The molecule has 0 spiro atoms. The summed E-state index contributed by atoms with van der Waals surface area (Å²) in [7, 11) is 0. The minimum atomic E-state index is -1.31. The van der Waals surface area contributed by atoms with Crippen molar-refractivity contribution in [1.29, 1.82) is 0 Å². The molecule has 8 heteroatoms. The van der Waals surface area contributed by atoms with E-state index in [2.05, 4.69) is 9.97 Å². The number of thiazole rings is 1. The molecule has 0 radical (unpaired) electrons. The average molecular weight is 376 g/mol. The van der Waals surface area contributed by atoms with Crippen LogP contribution in [0.1, 0.15) is 11.3 Å². The first kappa shape index (κ1) is 16.6. The molecule has 26 heavy (non-hydrogen) atoms. The second kappa shape index (κ2) is 5.84. The van der Waals surface area contributed by atoms with Crippen LogP contribution in [-0.4, -0.2) is 21.0 Å². The zero-order valence-corrected chi connectivity index (χ0v) is 14.2. The Hall–Kier alpha value is -2.87. The number of halogens is 3. The van der Waals surface area contributed by atoms with Crippen LogP contribution in [-0.2, 0) is 11.2 Å². The number of aryl methyl sites for hydroxylation is 1. The molecular weight excluding hydrogens is 365 g/mol. The third-order valence-corrected chi connectivity index (χ3v) is 5.25. The maximum absolute atomic E-state index is 14.0. The molecule has 2 N–H and O–H groups in total. The molecule has 4 nitrogen and oxygen atoms in total. The van der Waals surface area contributed by atoms with Crippen molar-refractivity contribution in [3.63, 3.8) is 0 Å². The van der Waals surface area contributed by atoms with E-state index in [4.69, 9.17) is 0 Å². The van der Waals surface area contributed by atoms with Gasteiger partial charge in [0.2, 0.25) is 0 Å². The van der Waals surface area contributed by atoms with Crippen molar-refractivity contribution in [1.82, 2.24) is 9.97 Å². The summed E-state index contributed by atoms with van der Waals surface area (Å²) >= 11 is 0.864. The van der Waals surface area contributed by atoms with Gasteiger partial charge >= 0.3 is 5.97 Å². The van der Waals surface area contributed by atoms with Gasteiger partial charge in [0.15, 0.2) is 11.6 Å². The van der Waals surface area contributed by atoms with Gasteiger partial charge in [-0.3, -0.25) is 4.79 Å². The highest BCUT2D eigenvalue weighted by Crippen LogP contribution is 2.40. The maximum Gasteiger partial charge on any atom is 0.309 e. The number of aliphatic carboxylic acids is 1. The molecule has 0 saturated carbocycles. The summed E-state index contributed by atoms with van der Waals surface area (Å²) in [6, 6.07) is 5.93. The van der Waals surface area contributed by atoms with Crippen molar-refractivity contribution in [2.45, 2.75) is 13.3 Å². The number of H-pyrrole nitrogens is 1. The number of nitrogens with one attached hydrogen (secondary N) is 1. The minimum Gasteiger partial charge on any atom is -0.481 e. The van der Waals surface area contributed by atoms with Crippen LogP contribution in [0.15, 0.2) is 24.3 Å². The van der Waals surface area contributed by atoms with Gasteiger partial charge in [-0.1, -0.05) is 12.1 Å². The Bertz CT molecular complexity index is 1200. The lowest BCUT2D eigenvalue weighted by molar-refractivity contribution is -0.136. The Morgan fingerprint density at radius 2 is 2.04 bits per heavy atom. The van der Waals surface area contributed by atoms with E-state index >= 15 is 0 Å². The van der Waals surface area contributed by atoms with Crippen LogP contribution in [0.3, 0.4) is 0 Å². The number of aromatic nitrogens is 2. The summed E-state index contributed by atoms with van der Waals surface area (Å²) in [6.45, 7) is 1.85. The molecule has 0 atom stereocenters. The van der Waals surface area contributed by atoms with E-state index in [-0.39, 0.29) is 16.1 Å². The van der Waals surface area contributed by atoms with E-state index in [1.165, 1.54) is 0 Å². The van der Waals surface area contributed by atoms with Crippen molar-refractivity contribution in [3.8, 4) is 10.6 Å². The molecule has 2 heterocycles. The molecule has 0 unspecified atom stereocenters. The zero-order chi connectivity index (χ0) is 18.6. The fraction of sp³-hybridized carbons (Fsp3) is 0.111. The third-order valence-electron chi connectivity index (χ3n) is 4.17. The first-order valence-electron chi connectivity index (χ1n) is 7.63. The van der Waals surface area contributed by atoms with Gasteiger partial charge in [-0.15, -0.1) is 11.3 Å². The Morgan fingerprint density at radius 3 is 2.77 bits per heavy atom. The Kier molecular flexibility index (Phi) is 3.73. The fourth-order valence-electron chi connectivity index (χ4n) is 3.09. The van der Waals surface area contributed by atoms with E-state index in [1.807, 2.05) is 19.1 Å². The highest BCUT2D eigenvalue weighted by molar-refractivity contribution is 7.21. The van der Waals surface area contributed by atoms with Gasteiger partial charge in [0.25, 0.3) is 0 Å². The van der Waals surface area contributed by atoms with Gasteiger partial charge in [0.1, 0.15) is 16.3 Å². The summed E-state index contributed by atoms with van der Waals surface area (Å²) in [5.41, 5.74) is 2.01. The van der Waals surface area contributed by atoms with Gasteiger partial charge in [0.05, 0.1) is 11.1 Å². The lowest BCUT2D eigenvalue weighted by atomic mass is 10.1. The van der Waals surface area contributed by atoms with Gasteiger partial charge in [-0.2, -0.15) is 0 Å². The number of nitrogens with zero attached hydrogens (tertiary/aromatic N) is 1. The molecular formula is C18H11F3N2O2S. The number of benzene rings is 2. The van der Waals surface area contributed by atoms with E-state index < -0.39 is 28.9 Å². The van der Waals surface area contributed by atoms with Crippen LogP contribution < -0.4 is 0 Å². The lowest BCUT2D eigenvalue weighted by Gasteiger charge is -2.01. The molecule has 2 aromatic heterocycles. The molecule has 0 saturated heterocycles. The summed E-state index contributed by atoms with van der Waals surface area (Å²) < 4.78 is 41.5. The Morgan fingerprint density at radius 1 is 1.27 bits per heavy atom. The SMILES string of the molecule is Cc1cccc2[nH]c(CC(=O)O)c(-c3nc4c(F)c(F)cc(F)c4s3)c12. The predicted octanol–water partition coefficient (Wildman–Crippen LogP) is 4.80. The summed E-state index contributed by atoms with van der Waals surface area (Å²) in [4.78, 5) is 18.4. The number of carbonyl (C=O) groups is 1. The molecule has 0 aliphatic heterocycles. The summed E-state index contributed by atoms with van der Waals surface area (Å²) in [5.74, 6) is -4.49. The number of fused-ring (bicyclic) bond motifs is 2. The smallest absolute Gasteiger partial charge is 0.309 e. The first-order chi connectivity index (χ1) is 12.4. The normalized spacial score (nSPS) is 11.5. The van der Waals surface area contributed by atoms with Crippen molar-refractivity contribution in [2.75, 3.05) is 0 Å². The lowest BCUT2D eigenvalue weighted by Crippen LogP contribution is -2.01. The standard InChI is InChI=1S/C18H11F3N2O2S/c1-7-3-2-4-10-13(7)14(11(22-10)6-12(24)25)18-23-16-15(21)8(19)5-9(20)17(16)26-18/h2-5,22H,6H2,1H3,(H,24,25). The van der Waals surface area contributed by atoms with Crippen molar-refractivity contribution in [2.24, 2.45) is 0 Å². The minimum absolute atomic E-state index is 0.108. The largest absolute Gasteiger partial charge is 0.481 e. The maximum atomic E-state index is 14.0. The summed E-state index contributed by atoms with van der Waals surface area (Å²) in [5, 5.41) is 10.2. The number of hydrogen-bond donors (Lipinski definition) is 2. The van der Waals surface area contributed by atoms with Crippen molar-refractivity contribution in [3.05, 3.63) is 53.0 Å². The van der Waals surface area contributed by atoms with Crippen LogP contribution >= 0.6 is 11.3 Å². The number of rotatable bonds is 3. The van der Waals surface area contributed by atoms with Crippen molar-refractivity contribution >= 4 is 38.4 Å². The van der Waals surface area contributed by atoms with E-state index in [9.17, 15) is 23.1 Å². The van der Waals surface area contributed by atoms with Gasteiger partial charge in [-0.25, -0.2) is 18.2 Å². The third kappa shape index (κ3) is 2.45. The zero-order valence-electron chi connectivity index (χ0n) is 13.4.